The maximum absolute atomic E-state index is 12.4. The topological polar surface area (TPSA) is 80.3 Å². The fraction of sp³-hybridized carbons (Fsp3) is 0.0741. The third-order valence-electron chi connectivity index (χ3n) is 4.96. The molecule has 0 aliphatic rings. The van der Waals surface area contributed by atoms with E-state index in [0.29, 0.717) is 23.5 Å². The first-order chi connectivity index (χ1) is 16.2. The third kappa shape index (κ3) is 6.04. The number of benzene rings is 3. The number of para-hydroxylation sites is 1. The summed E-state index contributed by atoms with van der Waals surface area (Å²) in [5.41, 5.74) is 4.01. The minimum Gasteiger partial charge on any atom is -0.483 e. The van der Waals surface area contributed by atoms with Crippen molar-refractivity contribution in [2.24, 2.45) is 0 Å². The van der Waals surface area contributed by atoms with Crippen LogP contribution in [0.3, 0.4) is 0 Å². The molecule has 2 N–H and O–H groups in total. The molecule has 0 saturated heterocycles. The predicted molar refractivity (Wildman–Crippen MR) is 128 cm³/mol. The molecule has 6 heteroatoms. The van der Waals surface area contributed by atoms with Crippen molar-refractivity contribution in [3.63, 3.8) is 0 Å². The highest BCUT2D eigenvalue weighted by Gasteiger charge is 2.10. The average Bonchev–Trinajstić information content (AvgIpc) is 2.88. The van der Waals surface area contributed by atoms with Crippen molar-refractivity contribution in [3.05, 3.63) is 115 Å². The normalized spacial score (nSPS) is 10.3. The van der Waals surface area contributed by atoms with Gasteiger partial charge < -0.3 is 15.4 Å². The van der Waals surface area contributed by atoms with Crippen LogP contribution in [0.15, 0.2) is 103 Å². The number of carbonyl (C=O) groups is 2. The number of ether oxygens (including phenoxy) is 1. The Hall–Kier alpha value is -4.45. The van der Waals surface area contributed by atoms with E-state index in [0.717, 1.165) is 16.7 Å². The van der Waals surface area contributed by atoms with Gasteiger partial charge in [-0.15, -0.1) is 0 Å². The molecule has 164 valence electrons. The van der Waals surface area contributed by atoms with E-state index in [9.17, 15) is 9.59 Å². The summed E-state index contributed by atoms with van der Waals surface area (Å²) in [6, 6.07) is 27.9. The van der Waals surface area contributed by atoms with E-state index in [1.165, 1.54) is 0 Å². The summed E-state index contributed by atoms with van der Waals surface area (Å²) in [5.74, 6) is 0.165. The van der Waals surface area contributed by atoms with Crippen molar-refractivity contribution in [2.45, 2.75) is 6.54 Å². The van der Waals surface area contributed by atoms with Crippen molar-refractivity contribution in [2.75, 3.05) is 11.9 Å². The molecule has 0 saturated carbocycles. The van der Waals surface area contributed by atoms with E-state index < -0.39 is 0 Å². The lowest BCUT2D eigenvalue weighted by Gasteiger charge is -2.12. The van der Waals surface area contributed by atoms with Gasteiger partial charge in [-0.1, -0.05) is 48.5 Å². The molecule has 0 spiro atoms. The van der Waals surface area contributed by atoms with Gasteiger partial charge in [-0.05, 0) is 53.6 Å². The maximum Gasteiger partial charge on any atom is 0.262 e. The highest BCUT2D eigenvalue weighted by Crippen LogP contribution is 2.29. The second-order valence-corrected chi connectivity index (χ2v) is 7.31. The van der Waals surface area contributed by atoms with Crippen LogP contribution in [-0.2, 0) is 11.3 Å². The third-order valence-corrected chi connectivity index (χ3v) is 4.96. The number of hydrogen-bond donors (Lipinski definition) is 2. The first kappa shape index (κ1) is 21.8. The number of anilines is 1. The molecule has 1 aromatic heterocycles. The van der Waals surface area contributed by atoms with E-state index >= 15 is 0 Å². The molecule has 4 rings (SSSR count). The Kier molecular flexibility index (Phi) is 7.08. The number of pyridine rings is 1. The largest absolute Gasteiger partial charge is 0.483 e. The van der Waals surface area contributed by atoms with Crippen LogP contribution in [0.2, 0.25) is 0 Å². The van der Waals surface area contributed by atoms with Gasteiger partial charge in [-0.25, -0.2) is 0 Å². The molecule has 0 bridgehead atoms. The zero-order valence-corrected chi connectivity index (χ0v) is 17.9. The van der Waals surface area contributed by atoms with E-state index in [1.54, 1.807) is 36.7 Å². The molecule has 0 unspecified atom stereocenters. The lowest BCUT2D eigenvalue weighted by atomic mass is 10.1. The van der Waals surface area contributed by atoms with Gasteiger partial charge in [0.15, 0.2) is 6.61 Å². The Labute approximate surface area is 192 Å². The highest BCUT2D eigenvalue weighted by atomic mass is 16.5. The lowest BCUT2D eigenvalue weighted by molar-refractivity contribution is -0.118. The fourth-order valence-electron chi connectivity index (χ4n) is 3.28. The highest BCUT2D eigenvalue weighted by molar-refractivity contribution is 5.96. The Morgan fingerprint density at radius 2 is 1.48 bits per heavy atom. The molecular weight excluding hydrogens is 414 g/mol. The van der Waals surface area contributed by atoms with Crippen LogP contribution >= 0.6 is 0 Å². The zero-order valence-electron chi connectivity index (χ0n) is 17.9. The van der Waals surface area contributed by atoms with Crippen molar-refractivity contribution in [1.82, 2.24) is 10.3 Å². The Morgan fingerprint density at radius 3 is 2.24 bits per heavy atom. The van der Waals surface area contributed by atoms with Crippen LogP contribution < -0.4 is 15.4 Å². The molecule has 0 radical (unpaired) electrons. The summed E-state index contributed by atoms with van der Waals surface area (Å²) in [4.78, 5) is 28.7. The minimum absolute atomic E-state index is 0.127. The molecule has 0 fully saturated rings. The monoisotopic (exact) mass is 437 g/mol. The minimum atomic E-state index is -0.284. The van der Waals surface area contributed by atoms with E-state index in [-0.39, 0.29) is 18.4 Å². The van der Waals surface area contributed by atoms with Crippen molar-refractivity contribution < 1.29 is 14.3 Å². The van der Waals surface area contributed by atoms with Crippen LogP contribution in [0.1, 0.15) is 15.9 Å². The average molecular weight is 437 g/mol. The van der Waals surface area contributed by atoms with Crippen molar-refractivity contribution in [1.29, 1.82) is 0 Å². The van der Waals surface area contributed by atoms with Crippen molar-refractivity contribution >= 4 is 17.5 Å². The Morgan fingerprint density at radius 1 is 0.788 bits per heavy atom. The smallest absolute Gasteiger partial charge is 0.262 e. The summed E-state index contributed by atoms with van der Waals surface area (Å²) in [6.45, 7) is 0.291. The molecular formula is C27H23N3O3. The predicted octanol–water partition coefficient (Wildman–Crippen LogP) is 4.70. The maximum atomic E-state index is 12.4. The SMILES string of the molecule is O=C(COc1ccccc1-c1ccccc1)Nc1ccc(C(=O)NCc2ccncc2)cc1. The molecule has 33 heavy (non-hydrogen) atoms. The zero-order chi connectivity index (χ0) is 22.9. The van der Waals surface area contributed by atoms with Gasteiger partial charge in [0.05, 0.1) is 0 Å². The van der Waals surface area contributed by atoms with E-state index in [1.807, 2.05) is 66.7 Å². The second-order valence-electron chi connectivity index (χ2n) is 7.31. The molecule has 0 aliphatic carbocycles. The second kappa shape index (κ2) is 10.7. The molecule has 4 aromatic rings. The van der Waals surface area contributed by atoms with Gasteiger partial charge in [0, 0.05) is 35.8 Å². The molecule has 2 amide bonds. The van der Waals surface area contributed by atoms with Gasteiger partial charge in [0.25, 0.3) is 11.8 Å². The number of rotatable bonds is 8. The molecule has 0 aliphatic heterocycles. The van der Waals surface area contributed by atoms with Gasteiger partial charge in [0.1, 0.15) is 5.75 Å². The van der Waals surface area contributed by atoms with Crippen LogP contribution in [-0.4, -0.2) is 23.4 Å². The summed E-state index contributed by atoms with van der Waals surface area (Å²) in [5, 5.41) is 5.65. The first-order valence-corrected chi connectivity index (χ1v) is 10.5. The van der Waals surface area contributed by atoms with Gasteiger partial charge in [-0.3, -0.25) is 14.6 Å². The number of aromatic nitrogens is 1. The van der Waals surface area contributed by atoms with Crippen molar-refractivity contribution in [3.8, 4) is 16.9 Å². The van der Waals surface area contributed by atoms with Gasteiger partial charge in [0.2, 0.25) is 0 Å². The first-order valence-electron chi connectivity index (χ1n) is 10.5. The molecule has 6 nitrogen and oxygen atoms in total. The molecule has 0 atom stereocenters. The standard InChI is InChI=1S/C27H23N3O3/c31-26(19-33-25-9-5-4-8-24(25)21-6-2-1-3-7-21)30-23-12-10-22(11-13-23)27(32)29-18-20-14-16-28-17-15-20/h1-17H,18-19H2,(H,29,32)(H,30,31). The van der Waals surface area contributed by atoms with Gasteiger partial charge in [-0.2, -0.15) is 0 Å². The van der Waals surface area contributed by atoms with Gasteiger partial charge >= 0.3 is 0 Å². The Balaban J connectivity index is 1.30. The van der Waals surface area contributed by atoms with Crippen LogP contribution in [0, 0.1) is 0 Å². The number of nitrogens with zero attached hydrogens (tertiary/aromatic N) is 1. The summed E-state index contributed by atoms with van der Waals surface area (Å²) >= 11 is 0. The van der Waals surface area contributed by atoms with Crippen LogP contribution in [0.5, 0.6) is 5.75 Å². The summed E-state index contributed by atoms with van der Waals surface area (Å²) in [6.07, 6.45) is 3.37. The summed E-state index contributed by atoms with van der Waals surface area (Å²) < 4.78 is 5.78. The molecule has 3 aromatic carbocycles. The molecule has 1 heterocycles. The number of nitrogens with one attached hydrogen (secondary N) is 2. The fourth-order valence-corrected chi connectivity index (χ4v) is 3.28. The van der Waals surface area contributed by atoms with Crippen LogP contribution in [0.4, 0.5) is 5.69 Å². The number of carbonyl (C=O) groups excluding carboxylic acids is 2. The number of hydrogen-bond acceptors (Lipinski definition) is 4. The Bertz CT molecular complexity index is 1210. The van der Waals surface area contributed by atoms with E-state index in [4.69, 9.17) is 4.74 Å². The number of amides is 2. The van der Waals surface area contributed by atoms with Crippen LogP contribution in [0.25, 0.3) is 11.1 Å². The van der Waals surface area contributed by atoms with E-state index in [2.05, 4.69) is 15.6 Å². The lowest BCUT2D eigenvalue weighted by Crippen LogP contribution is -2.23. The quantitative estimate of drug-likeness (QED) is 0.419. The summed E-state index contributed by atoms with van der Waals surface area (Å²) in [7, 11) is 0.